The molecule has 5 nitrogen and oxygen atoms in total. The van der Waals surface area contributed by atoms with Crippen LogP contribution in [0.5, 0.6) is 5.75 Å². The molecule has 0 saturated carbocycles. The van der Waals surface area contributed by atoms with Gasteiger partial charge in [0.1, 0.15) is 5.75 Å². The predicted octanol–water partition coefficient (Wildman–Crippen LogP) is 4.90. The molecule has 1 saturated heterocycles. The summed E-state index contributed by atoms with van der Waals surface area (Å²) < 4.78 is 43.7. The number of carboxylic acids is 1. The second kappa shape index (κ2) is 9.22. The van der Waals surface area contributed by atoms with Gasteiger partial charge in [0, 0.05) is 19.0 Å². The largest absolute Gasteiger partial charge is 0.478 e. The molecular formula is C24H26F3NO4. The van der Waals surface area contributed by atoms with Crippen LogP contribution >= 0.6 is 0 Å². The first-order valence-electron chi connectivity index (χ1n) is 10.4. The van der Waals surface area contributed by atoms with E-state index in [4.69, 9.17) is 4.74 Å². The molecule has 172 valence electrons. The minimum absolute atomic E-state index is 0.0574. The zero-order chi connectivity index (χ0) is 23.5. The fourth-order valence-corrected chi connectivity index (χ4v) is 3.72. The third-order valence-corrected chi connectivity index (χ3v) is 5.65. The quantitative estimate of drug-likeness (QED) is 0.682. The summed E-state index contributed by atoms with van der Waals surface area (Å²) in [6.07, 6.45) is -2.60. The number of halogens is 3. The van der Waals surface area contributed by atoms with E-state index < -0.39 is 23.3 Å². The standard InChI is InChI=1S/C24H26F3NO4/c1-23(2,22(30)31)32-20-11-7-17(8-12-20)18-4-3-13-28(15-18)21(29)14-16-5-9-19(10-6-16)24(25,26)27/h5-12,18H,3-4,13-15H2,1-2H3,(H,30,31). The van der Waals surface area contributed by atoms with Gasteiger partial charge in [0.15, 0.2) is 5.60 Å². The van der Waals surface area contributed by atoms with Crippen LogP contribution in [0.15, 0.2) is 48.5 Å². The van der Waals surface area contributed by atoms with E-state index in [9.17, 15) is 27.9 Å². The molecule has 1 N–H and O–H groups in total. The molecule has 0 radical (unpaired) electrons. The van der Waals surface area contributed by atoms with Crippen molar-refractivity contribution in [2.45, 2.75) is 50.8 Å². The second-order valence-corrected chi connectivity index (χ2v) is 8.54. The van der Waals surface area contributed by atoms with Gasteiger partial charge in [-0.2, -0.15) is 13.2 Å². The van der Waals surface area contributed by atoms with Gasteiger partial charge in [-0.3, -0.25) is 4.79 Å². The van der Waals surface area contributed by atoms with Gasteiger partial charge in [-0.15, -0.1) is 0 Å². The molecule has 0 bridgehead atoms. The number of hydrogen-bond donors (Lipinski definition) is 1. The van der Waals surface area contributed by atoms with Gasteiger partial charge in [0.05, 0.1) is 12.0 Å². The molecule has 32 heavy (non-hydrogen) atoms. The second-order valence-electron chi connectivity index (χ2n) is 8.54. The van der Waals surface area contributed by atoms with Gasteiger partial charge in [0.2, 0.25) is 5.91 Å². The van der Waals surface area contributed by atoms with Crippen LogP contribution in [0.2, 0.25) is 0 Å². The average Bonchev–Trinajstić information content (AvgIpc) is 2.74. The van der Waals surface area contributed by atoms with Crippen LogP contribution < -0.4 is 4.74 Å². The Balaban J connectivity index is 1.61. The van der Waals surface area contributed by atoms with E-state index in [1.54, 1.807) is 17.0 Å². The lowest BCUT2D eigenvalue weighted by Gasteiger charge is -2.33. The normalized spacial score (nSPS) is 17.2. The van der Waals surface area contributed by atoms with E-state index in [2.05, 4.69) is 0 Å². The maximum absolute atomic E-state index is 12.7. The SMILES string of the molecule is CC(C)(Oc1ccc(C2CCCN(C(=O)Cc3ccc(C(F)(F)F)cc3)C2)cc1)C(=O)O. The van der Waals surface area contributed by atoms with Crippen molar-refractivity contribution >= 4 is 11.9 Å². The maximum atomic E-state index is 12.7. The lowest BCUT2D eigenvalue weighted by Crippen LogP contribution is -2.40. The Labute approximate surface area is 184 Å². The number of alkyl halides is 3. The summed E-state index contributed by atoms with van der Waals surface area (Å²) in [5.41, 5.74) is -0.496. The van der Waals surface area contributed by atoms with Crippen LogP contribution in [0.3, 0.4) is 0 Å². The monoisotopic (exact) mass is 449 g/mol. The maximum Gasteiger partial charge on any atom is 0.416 e. The number of carboxylic acid groups (broad SMARTS) is 1. The van der Waals surface area contributed by atoms with Crippen molar-refractivity contribution in [1.29, 1.82) is 0 Å². The van der Waals surface area contributed by atoms with Crippen molar-refractivity contribution in [2.75, 3.05) is 13.1 Å². The summed E-state index contributed by atoms with van der Waals surface area (Å²) in [7, 11) is 0. The Hall–Kier alpha value is -3.03. The Morgan fingerprint density at radius 1 is 1.06 bits per heavy atom. The molecule has 0 aromatic heterocycles. The van der Waals surface area contributed by atoms with Crippen LogP contribution in [0.1, 0.15) is 49.3 Å². The molecule has 1 aliphatic rings. The molecule has 1 amide bonds. The van der Waals surface area contributed by atoms with Gasteiger partial charge in [-0.25, -0.2) is 4.79 Å². The number of nitrogens with zero attached hydrogens (tertiary/aromatic N) is 1. The fourth-order valence-electron chi connectivity index (χ4n) is 3.72. The highest BCUT2D eigenvalue weighted by atomic mass is 19.4. The smallest absolute Gasteiger partial charge is 0.416 e. The van der Waals surface area contributed by atoms with Gasteiger partial charge in [-0.05, 0) is 62.1 Å². The highest BCUT2D eigenvalue weighted by Gasteiger charge is 2.31. The number of benzene rings is 2. The Morgan fingerprint density at radius 2 is 1.69 bits per heavy atom. The molecule has 0 spiro atoms. The number of rotatable bonds is 6. The van der Waals surface area contributed by atoms with Crippen molar-refractivity contribution in [3.8, 4) is 5.75 Å². The van der Waals surface area contributed by atoms with Gasteiger partial charge in [-0.1, -0.05) is 24.3 Å². The zero-order valence-corrected chi connectivity index (χ0v) is 18.0. The summed E-state index contributed by atoms with van der Waals surface area (Å²) in [5, 5.41) is 9.18. The first-order chi connectivity index (χ1) is 15.0. The molecule has 1 heterocycles. The van der Waals surface area contributed by atoms with E-state index in [-0.39, 0.29) is 18.2 Å². The molecule has 8 heteroatoms. The number of carbonyl (C=O) groups excluding carboxylic acids is 1. The number of ether oxygens (including phenoxy) is 1. The van der Waals surface area contributed by atoms with Crippen molar-refractivity contribution in [1.82, 2.24) is 4.90 Å². The summed E-state index contributed by atoms with van der Waals surface area (Å²) in [6.45, 7) is 4.10. The third-order valence-electron chi connectivity index (χ3n) is 5.65. The topological polar surface area (TPSA) is 66.8 Å². The third kappa shape index (κ3) is 5.81. The molecular weight excluding hydrogens is 423 g/mol. The molecule has 1 aliphatic heterocycles. The summed E-state index contributed by atoms with van der Waals surface area (Å²) in [4.78, 5) is 25.7. The number of hydrogen-bond acceptors (Lipinski definition) is 3. The molecule has 1 fully saturated rings. The number of piperidine rings is 1. The lowest BCUT2D eigenvalue weighted by atomic mass is 9.90. The summed E-state index contributed by atoms with van der Waals surface area (Å²) in [6, 6.07) is 11.9. The minimum atomic E-state index is -4.40. The van der Waals surface area contributed by atoms with E-state index in [0.717, 1.165) is 30.5 Å². The lowest BCUT2D eigenvalue weighted by molar-refractivity contribution is -0.152. The van der Waals surface area contributed by atoms with Gasteiger partial charge in [0.25, 0.3) is 0 Å². The first kappa shape index (κ1) is 23.6. The van der Waals surface area contributed by atoms with E-state index in [1.807, 2.05) is 12.1 Å². The number of aliphatic carboxylic acids is 1. The van der Waals surface area contributed by atoms with E-state index in [0.29, 0.717) is 24.4 Å². The Kier molecular flexibility index (Phi) is 6.81. The van der Waals surface area contributed by atoms with Crippen LogP contribution in [0.4, 0.5) is 13.2 Å². The molecule has 1 atom stereocenters. The summed E-state index contributed by atoms with van der Waals surface area (Å²) >= 11 is 0. The number of carbonyl (C=O) groups is 2. The number of likely N-dealkylation sites (tertiary alicyclic amines) is 1. The predicted molar refractivity (Wildman–Crippen MR) is 112 cm³/mol. The Morgan fingerprint density at radius 3 is 2.25 bits per heavy atom. The molecule has 0 aliphatic carbocycles. The van der Waals surface area contributed by atoms with Crippen molar-refractivity contribution in [2.24, 2.45) is 0 Å². The molecule has 2 aromatic rings. The van der Waals surface area contributed by atoms with Crippen molar-refractivity contribution in [3.05, 3.63) is 65.2 Å². The first-order valence-corrected chi connectivity index (χ1v) is 10.4. The molecule has 2 aromatic carbocycles. The highest BCUT2D eigenvalue weighted by molar-refractivity contribution is 5.79. The Bertz CT molecular complexity index is 953. The van der Waals surface area contributed by atoms with Crippen molar-refractivity contribution < 1.29 is 32.6 Å². The number of amides is 1. The fraction of sp³-hybridized carbons (Fsp3) is 0.417. The molecule has 3 rings (SSSR count). The van der Waals surface area contributed by atoms with Crippen LogP contribution in [-0.2, 0) is 22.2 Å². The summed E-state index contributed by atoms with van der Waals surface area (Å²) in [5.74, 6) is -0.595. The average molecular weight is 449 g/mol. The van der Waals surface area contributed by atoms with Crippen LogP contribution in [0.25, 0.3) is 0 Å². The van der Waals surface area contributed by atoms with Crippen molar-refractivity contribution in [3.63, 3.8) is 0 Å². The van der Waals surface area contributed by atoms with Crippen LogP contribution in [0, 0.1) is 0 Å². The molecule has 1 unspecified atom stereocenters. The highest BCUT2D eigenvalue weighted by Crippen LogP contribution is 2.31. The van der Waals surface area contributed by atoms with Gasteiger partial charge >= 0.3 is 12.1 Å². The minimum Gasteiger partial charge on any atom is -0.478 e. The zero-order valence-electron chi connectivity index (χ0n) is 18.0. The van der Waals surface area contributed by atoms with E-state index in [1.165, 1.54) is 26.0 Å². The van der Waals surface area contributed by atoms with E-state index >= 15 is 0 Å². The van der Waals surface area contributed by atoms with Crippen LogP contribution in [-0.4, -0.2) is 40.6 Å². The van der Waals surface area contributed by atoms with Gasteiger partial charge < -0.3 is 14.7 Å².